The summed E-state index contributed by atoms with van der Waals surface area (Å²) >= 11 is 0. The molecule has 1 heterocycles. The molecule has 0 unspecified atom stereocenters. The molecule has 0 saturated carbocycles. The second kappa shape index (κ2) is 11.6. The minimum atomic E-state index is -0.954. The highest BCUT2D eigenvalue weighted by atomic mass is 16.3. The number of amides is 1. The van der Waals surface area contributed by atoms with E-state index in [2.05, 4.69) is 0 Å². The largest absolute Gasteiger partial charge is 0.394 e. The lowest BCUT2D eigenvalue weighted by molar-refractivity contribution is -0.126. The Hall–Kier alpha value is -1.43. The van der Waals surface area contributed by atoms with E-state index in [-0.39, 0.29) is 13.2 Å². The van der Waals surface area contributed by atoms with Crippen LogP contribution in [0.1, 0.15) is 12.8 Å². The van der Waals surface area contributed by atoms with Crippen LogP contribution in [0.2, 0.25) is 0 Å². The van der Waals surface area contributed by atoms with E-state index in [1.54, 1.807) is 4.90 Å². The Morgan fingerprint density at radius 3 is 1.63 bits per heavy atom. The highest BCUT2D eigenvalue weighted by Gasteiger charge is 2.14. The Labute approximate surface area is 114 Å². The van der Waals surface area contributed by atoms with Crippen LogP contribution in [0.5, 0.6) is 0 Å². The van der Waals surface area contributed by atoms with Gasteiger partial charge in [0.1, 0.15) is 6.10 Å². The van der Waals surface area contributed by atoms with Gasteiger partial charge >= 0.3 is 0 Å². The molecule has 0 atom stereocenters. The molecule has 1 aliphatic rings. The lowest BCUT2D eigenvalue weighted by Gasteiger charge is -2.03. The molecule has 0 aliphatic carbocycles. The van der Waals surface area contributed by atoms with Crippen LogP contribution in [0.4, 0.5) is 0 Å². The molecule has 1 saturated heterocycles. The first-order valence-corrected chi connectivity index (χ1v) is 6.25. The van der Waals surface area contributed by atoms with Gasteiger partial charge in [0.15, 0.2) is 0 Å². The number of aliphatic hydroxyl groups excluding tert-OH is 3. The summed E-state index contributed by atoms with van der Waals surface area (Å²) in [5.41, 5.74) is 0. The Bertz CT molecular complexity index is 288. The van der Waals surface area contributed by atoms with E-state index in [4.69, 9.17) is 15.3 Å². The van der Waals surface area contributed by atoms with Gasteiger partial charge < -0.3 is 20.2 Å². The summed E-state index contributed by atoms with van der Waals surface area (Å²) in [7, 11) is 1.84. The van der Waals surface area contributed by atoms with Crippen molar-refractivity contribution in [1.82, 2.24) is 4.90 Å². The molecule has 3 N–H and O–H groups in total. The van der Waals surface area contributed by atoms with Gasteiger partial charge in [0.2, 0.25) is 5.91 Å². The normalized spacial score (nSPS) is 13.5. The molecule has 108 valence electrons. The molecule has 0 aromatic heterocycles. The van der Waals surface area contributed by atoms with Crippen molar-refractivity contribution in [2.24, 2.45) is 0 Å². The molecule has 5 heteroatoms. The monoisotopic (exact) mass is 269 g/mol. The highest BCUT2D eigenvalue weighted by molar-refractivity contribution is 5.77. The molecule has 2 rings (SSSR count). The van der Waals surface area contributed by atoms with Gasteiger partial charge in [-0.2, -0.15) is 0 Å². The summed E-state index contributed by atoms with van der Waals surface area (Å²) in [6.07, 6.45) is 0.858. The third-order valence-corrected chi connectivity index (χ3v) is 2.40. The minimum absolute atomic E-state index is 0.292. The van der Waals surface area contributed by atoms with Gasteiger partial charge in [-0.3, -0.25) is 4.79 Å². The lowest BCUT2D eigenvalue weighted by atomic mass is 10.4. The topological polar surface area (TPSA) is 81.0 Å². The van der Waals surface area contributed by atoms with Gasteiger partial charge in [-0.15, -0.1) is 0 Å². The van der Waals surface area contributed by atoms with Gasteiger partial charge in [0.05, 0.1) is 13.2 Å². The van der Waals surface area contributed by atoms with Gasteiger partial charge in [-0.25, -0.2) is 0 Å². The van der Waals surface area contributed by atoms with E-state index in [1.165, 1.54) is 0 Å². The van der Waals surface area contributed by atoms with Crippen molar-refractivity contribution in [3.8, 4) is 0 Å². The van der Waals surface area contributed by atoms with Crippen LogP contribution in [0.3, 0.4) is 0 Å². The first-order chi connectivity index (χ1) is 9.11. The Morgan fingerprint density at radius 2 is 1.53 bits per heavy atom. The maximum atomic E-state index is 10.5. The van der Waals surface area contributed by atoms with E-state index in [1.807, 2.05) is 43.4 Å². The summed E-state index contributed by atoms with van der Waals surface area (Å²) in [6.45, 7) is 0.228. The third-order valence-electron chi connectivity index (χ3n) is 2.40. The molecule has 0 bridgehead atoms. The zero-order chi connectivity index (χ0) is 14.5. The van der Waals surface area contributed by atoms with E-state index in [9.17, 15) is 4.79 Å². The van der Waals surface area contributed by atoms with Gasteiger partial charge in [0.25, 0.3) is 0 Å². The zero-order valence-electron chi connectivity index (χ0n) is 11.3. The van der Waals surface area contributed by atoms with Crippen molar-refractivity contribution >= 4 is 5.91 Å². The van der Waals surface area contributed by atoms with Crippen molar-refractivity contribution < 1.29 is 20.1 Å². The van der Waals surface area contributed by atoms with Crippen LogP contribution in [-0.4, -0.2) is 59.0 Å². The smallest absolute Gasteiger partial charge is 0.222 e. The maximum Gasteiger partial charge on any atom is 0.222 e. The number of hydrogen-bond donors (Lipinski definition) is 3. The molecular weight excluding hydrogens is 246 g/mol. The molecular formula is C14H23NO4. The third kappa shape index (κ3) is 10.2. The molecule has 1 aromatic carbocycles. The van der Waals surface area contributed by atoms with Gasteiger partial charge in [-0.1, -0.05) is 36.4 Å². The number of carbonyl (C=O) groups is 1. The second-order valence-electron chi connectivity index (χ2n) is 4.09. The second-order valence-corrected chi connectivity index (χ2v) is 4.09. The van der Waals surface area contributed by atoms with Crippen LogP contribution in [0.25, 0.3) is 0 Å². The maximum absolute atomic E-state index is 10.5. The molecule has 0 spiro atoms. The average molecular weight is 269 g/mol. The predicted octanol–water partition coefficient (Wildman–Crippen LogP) is 0.257. The van der Waals surface area contributed by atoms with Crippen molar-refractivity contribution in [2.45, 2.75) is 18.9 Å². The zero-order valence-corrected chi connectivity index (χ0v) is 11.3. The van der Waals surface area contributed by atoms with Crippen LogP contribution in [0.15, 0.2) is 36.4 Å². The number of hydrogen-bond acceptors (Lipinski definition) is 4. The number of nitrogens with zero attached hydrogens (tertiary/aromatic N) is 1. The Balaban J connectivity index is 0.000000257. The lowest BCUT2D eigenvalue weighted by Crippen LogP contribution is -2.17. The molecule has 1 amide bonds. The Kier molecular flexibility index (Phi) is 10.8. The average Bonchev–Trinajstić information content (AvgIpc) is 2.85. The van der Waals surface area contributed by atoms with Crippen LogP contribution in [0, 0.1) is 0 Å². The summed E-state index contributed by atoms with van der Waals surface area (Å²) in [6, 6.07) is 12.0. The van der Waals surface area contributed by atoms with E-state index in [0.717, 1.165) is 19.4 Å². The van der Waals surface area contributed by atoms with Crippen LogP contribution in [-0.2, 0) is 4.79 Å². The number of likely N-dealkylation sites (tertiary alicyclic amines) is 1. The van der Waals surface area contributed by atoms with Crippen molar-refractivity contribution in [1.29, 1.82) is 0 Å². The van der Waals surface area contributed by atoms with Crippen molar-refractivity contribution in [3.63, 3.8) is 0 Å². The SMILES string of the molecule is CN1CCCC1=O.OCC(O)CO.c1ccccc1. The fourth-order valence-corrected chi connectivity index (χ4v) is 1.23. The molecule has 0 radical (unpaired) electrons. The van der Waals surface area contributed by atoms with E-state index in [0.29, 0.717) is 5.91 Å². The van der Waals surface area contributed by atoms with Crippen LogP contribution < -0.4 is 0 Å². The minimum Gasteiger partial charge on any atom is -0.394 e. The highest BCUT2D eigenvalue weighted by Crippen LogP contribution is 2.04. The molecule has 19 heavy (non-hydrogen) atoms. The van der Waals surface area contributed by atoms with Crippen LogP contribution >= 0.6 is 0 Å². The number of rotatable bonds is 2. The number of aliphatic hydroxyl groups is 3. The molecule has 1 fully saturated rings. The summed E-state index contributed by atoms with van der Waals surface area (Å²) in [5, 5.41) is 24.0. The predicted molar refractivity (Wildman–Crippen MR) is 73.5 cm³/mol. The van der Waals surface area contributed by atoms with E-state index < -0.39 is 6.10 Å². The van der Waals surface area contributed by atoms with Gasteiger partial charge in [-0.05, 0) is 6.42 Å². The fraction of sp³-hybridized carbons (Fsp3) is 0.500. The first kappa shape index (κ1) is 17.6. The van der Waals surface area contributed by atoms with Gasteiger partial charge in [0, 0.05) is 20.0 Å². The first-order valence-electron chi connectivity index (χ1n) is 6.25. The number of carbonyl (C=O) groups excluding carboxylic acids is 1. The summed E-state index contributed by atoms with van der Waals surface area (Å²) in [5.74, 6) is 0.292. The molecule has 5 nitrogen and oxygen atoms in total. The fourth-order valence-electron chi connectivity index (χ4n) is 1.23. The molecule has 1 aliphatic heterocycles. The van der Waals surface area contributed by atoms with Crippen molar-refractivity contribution in [3.05, 3.63) is 36.4 Å². The van der Waals surface area contributed by atoms with E-state index >= 15 is 0 Å². The van der Waals surface area contributed by atoms with Crippen molar-refractivity contribution in [2.75, 3.05) is 26.8 Å². The number of benzene rings is 1. The Morgan fingerprint density at radius 1 is 1.11 bits per heavy atom. The molecule has 1 aromatic rings. The standard InChI is InChI=1S/C6H6.C5H9NO.C3H8O3/c1-2-4-6-5-3-1;1-6-4-2-3-5(6)7;4-1-3(6)2-5/h1-6H;2-4H2,1H3;3-6H,1-2H2. The quantitative estimate of drug-likeness (QED) is 0.719. The summed E-state index contributed by atoms with van der Waals surface area (Å²) < 4.78 is 0. The summed E-state index contributed by atoms with van der Waals surface area (Å²) in [4.78, 5) is 12.3.